The van der Waals surface area contributed by atoms with E-state index in [-0.39, 0.29) is 36.0 Å². The minimum Gasteiger partial charge on any atom is -0.493 e. The van der Waals surface area contributed by atoms with Gasteiger partial charge in [0.1, 0.15) is 11.5 Å². The molecule has 0 saturated heterocycles. The lowest BCUT2D eigenvalue weighted by Gasteiger charge is -2.09. The van der Waals surface area contributed by atoms with Gasteiger partial charge in [-0.25, -0.2) is 0 Å². The number of aryl methyl sites for hydroxylation is 1. The largest absolute Gasteiger partial charge is 0.493 e. The van der Waals surface area contributed by atoms with Gasteiger partial charge in [-0.15, -0.1) is 10.2 Å². The van der Waals surface area contributed by atoms with E-state index in [2.05, 4.69) is 20.5 Å². The van der Waals surface area contributed by atoms with Crippen LogP contribution < -0.4 is 20.3 Å². The fourth-order valence-electron chi connectivity index (χ4n) is 2.45. The summed E-state index contributed by atoms with van der Waals surface area (Å²) in [6, 6.07) is 5.55. The first-order chi connectivity index (χ1) is 12.4. The number of benzene rings is 1. The zero-order valence-corrected chi connectivity index (χ0v) is 15.5. The molecular weight excluding hydrogens is 336 g/mol. The van der Waals surface area contributed by atoms with Crippen LogP contribution >= 0.6 is 0 Å². The molecule has 0 atom stereocenters. The molecule has 0 radical (unpaired) electrons. The molecule has 26 heavy (non-hydrogen) atoms. The number of rotatable bonds is 8. The SMILES string of the molecule is COc1ccc(Cc2nnc(CCC(=O)NC(C)C)c(=O)[nH]2)cc1OC. The average Bonchev–Trinajstić information content (AvgIpc) is 2.60. The van der Waals surface area contributed by atoms with Crippen molar-refractivity contribution in [2.24, 2.45) is 0 Å². The lowest BCUT2D eigenvalue weighted by Crippen LogP contribution is -2.31. The van der Waals surface area contributed by atoms with Gasteiger partial charge in [0, 0.05) is 25.3 Å². The first kappa shape index (κ1) is 19.4. The molecule has 1 amide bonds. The minimum atomic E-state index is -0.326. The highest BCUT2D eigenvalue weighted by atomic mass is 16.5. The molecule has 8 heteroatoms. The fraction of sp³-hybridized carbons (Fsp3) is 0.444. The van der Waals surface area contributed by atoms with Crippen LogP contribution in [0.5, 0.6) is 11.5 Å². The maximum Gasteiger partial charge on any atom is 0.272 e. The highest BCUT2D eigenvalue weighted by molar-refractivity contribution is 5.76. The number of H-pyrrole nitrogens is 1. The molecular formula is C18H24N4O4. The Kier molecular flexibility index (Phi) is 6.71. The number of ether oxygens (including phenoxy) is 2. The summed E-state index contributed by atoms with van der Waals surface area (Å²) in [7, 11) is 3.13. The molecule has 1 aromatic carbocycles. The van der Waals surface area contributed by atoms with Crippen LogP contribution in [0.25, 0.3) is 0 Å². The van der Waals surface area contributed by atoms with E-state index in [9.17, 15) is 9.59 Å². The van der Waals surface area contributed by atoms with Gasteiger partial charge in [-0.3, -0.25) is 9.59 Å². The van der Waals surface area contributed by atoms with Crippen LogP contribution in [0.4, 0.5) is 0 Å². The van der Waals surface area contributed by atoms with Gasteiger partial charge in [0.2, 0.25) is 5.91 Å². The number of amides is 1. The fourth-order valence-corrected chi connectivity index (χ4v) is 2.45. The number of hydrogen-bond donors (Lipinski definition) is 2. The zero-order valence-electron chi connectivity index (χ0n) is 15.5. The predicted molar refractivity (Wildman–Crippen MR) is 96.6 cm³/mol. The molecule has 2 rings (SSSR count). The van der Waals surface area contributed by atoms with Crippen molar-refractivity contribution in [3.63, 3.8) is 0 Å². The summed E-state index contributed by atoms with van der Waals surface area (Å²) in [5.41, 5.74) is 0.824. The molecule has 0 fully saturated rings. The Balaban J connectivity index is 2.05. The molecule has 0 spiro atoms. The number of hydrogen-bond acceptors (Lipinski definition) is 6. The standard InChI is InChI=1S/C18H24N4O4/c1-11(2)19-17(23)8-6-13-18(24)20-16(22-21-13)10-12-5-7-14(25-3)15(9-12)26-4/h5,7,9,11H,6,8,10H2,1-4H3,(H,19,23)(H,20,22,24). The molecule has 0 saturated carbocycles. The first-order valence-corrected chi connectivity index (χ1v) is 8.38. The van der Waals surface area contributed by atoms with Crippen LogP contribution in [0, 0.1) is 0 Å². The number of carbonyl (C=O) groups excluding carboxylic acids is 1. The summed E-state index contributed by atoms with van der Waals surface area (Å²) in [5.74, 6) is 1.56. The van der Waals surface area contributed by atoms with Crippen molar-refractivity contribution in [2.75, 3.05) is 14.2 Å². The third kappa shape index (κ3) is 5.30. The smallest absolute Gasteiger partial charge is 0.272 e. The Bertz CT molecular complexity index is 817. The minimum absolute atomic E-state index is 0.0655. The molecule has 140 valence electrons. The summed E-state index contributed by atoms with van der Waals surface area (Å²) < 4.78 is 10.5. The summed E-state index contributed by atoms with van der Waals surface area (Å²) in [6.07, 6.45) is 0.846. The number of nitrogens with zero attached hydrogens (tertiary/aromatic N) is 2. The van der Waals surface area contributed by atoms with Crippen molar-refractivity contribution in [2.45, 2.75) is 39.2 Å². The Morgan fingerprint density at radius 3 is 2.54 bits per heavy atom. The molecule has 0 bridgehead atoms. The van der Waals surface area contributed by atoms with Crippen LogP contribution in [0.15, 0.2) is 23.0 Å². The Hall–Kier alpha value is -2.90. The average molecular weight is 360 g/mol. The second-order valence-corrected chi connectivity index (χ2v) is 6.14. The van der Waals surface area contributed by atoms with Gasteiger partial charge >= 0.3 is 0 Å². The van der Waals surface area contributed by atoms with Gasteiger partial charge < -0.3 is 19.8 Å². The molecule has 1 aromatic heterocycles. The molecule has 2 N–H and O–H groups in total. The number of methoxy groups -OCH3 is 2. The molecule has 2 aromatic rings. The molecule has 0 aliphatic rings. The van der Waals surface area contributed by atoms with Crippen LogP contribution in [-0.4, -0.2) is 41.3 Å². The third-order valence-corrected chi connectivity index (χ3v) is 3.67. The van der Waals surface area contributed by atoms with E-state index in [4.69, 9.17) is 9.47 Å². The van der Waals surface area contributed by atoms with E-state index in [1.54, 1.807) is 20.3 Å². The van der Waals surface area contributed by atoms with Crippen LogP contribution in [0.3, 0.4) is 0 Å². The second kappa shape index (κ2) is 8.98. The number of aromatic nitrogens is 3. The normalized spacial score (nSPS) is 10.7. The van der Waals surface area contributed by atoms with E-state index in [1.807, 2.05) is 26.0 Å². The van der Waals surface area contributed by atoms with Crippen molar-refractivity contribution in [1.82, 2.24) is 20.5 Å². The van der Waals surface area contributed by atoms with Crippen molar-refractivity contribution in [3.05, 3.63) is 45.6 Å². The molecule has 0 aliphatic carbocycles. The van der Waals surface area contributed by atoms with Gasteiger partial charge in [-0.05, 0) is 31.5 Å². The van der Waals surface area contributed by atoms with Gasteiger partial charge in [-0.2, -0.15) is 0 Å². The topological polar surface area (TPSA) is 106 Å². The van der Waals surface area contributed by atoms with E-state index in [0.717, 1.165) is 5.56 Å². The summed E-state index contributed by atoms with van der Waals surface area (Å²) in [4.78, 5) is 26.5. The van der Waals surface area contributed by atoms with E-state index in [1.165, 1.54) is 0 Å². The zero-order chi connectivity index (χ0) is 19.1. The van der Waals surface area contributed by atoms with Gasteiger partial charge in [0.25, 0.3) is 5.56 Å². The number of carbonyl (C=O) groups is 1. The van der Waals surface area contributed by atoms with Crippen molar-refractivity contribution in [1.29, 1.82) is 0 Å². The van der Waals surface area contributed by atoms with Crippen LogP contribution in [-0.2, 0) is 17.6 Å². The monoisotopic (exact) mass is 360 g/mol. The Labute approximate surface area is 152 Å². The lowest BCUT2D eigenvalue weighted by molar-refractivity contribution is -0.121. The number of aromatic amines is 1. The van der Waals surface area contributed by atoms with Gasteiger partial charge in [0.15, 0.2) is 11.5 Å². The molecule has 0 unspecified atom stereocenters. The third-order valence-electron chi connectivity index (χ3n) is 3.67. The van der Waals surface area contributed by atoms with Crippen LogP contribution in [0.2, 0.25) is 0 Å². The summed E-state index contributed by atoms with van der Waals surface area (Å²) in [6.45, 7) is 3.76. The molecule has 8 nitrogen and oxygen atoms in total. The van der Waals surface area contributed by atoms with Gasteiger partial charge in [0.05, 0.1) is 14.2 Å². The summed E-state index contributed by atoms with van der Waals surface area (Å²) >= 11 is 0. The predicted octanol–water partition coefficient (Wildman–Crippen LogP) is 1.23. The van der Waals surface area contributed by atoms with E-state index in [0.29, 0.717) is 23.7 Å². The highest BCUT2D eigenvalue weighted by Gasteiger charge is 2.11. The van der Waals surface area contributed by atoms with E-state index >= 15 is 0 Å². The second-order valence-electron chi connectivity index (χ2n) is 6.14. The quantitative estimate of drug-likeness (QED) is 0.733. The van der Waals surface area contributed by atoms with Gasteiger partial charge in [-0.1, -0.05) is 6.07 Å². The van der Waals surface area contributed by atoms with Crippen molar-refractivity contribution < 1.29 is 14.3 Å². The molecule has 0 aliphatic heterocycles. The maximum atomic E-state index is 12.2. The Morgan fingerprint density at radius 1 is 1.19 bits per heavy atom. The number of nitrogens with one attached hydrogen (secondary N) is 2. The highest BCUT2D eigenvalue weighted by Crippen LogP contribution is 2.28. The lowest BCUT2D eigenvalue weighted by atomic mass is 10.1. The Morgan fingerprint density at radius 2 is 1.92 bits per heavy atom. The summed E-state index contributed by atoms with van der Waals surface area (Å²) in [5, 5.41) is 10.8. The van der Waals surface area contributed by atoms with E-state index < -0.39 is 0 Å². The van der Waals surface area contributed by atoms with Crippen LogP contribution in [0.1, 0.15) is 37.4 Å². The van der Waals surface area contributed by atoms with Crippen molar-refractivity contribution in [3.8, 4) is 11.5 Å². The first-order valence-electron chi connectivity index (χ1n) is 8.38. The molecule has 1 heterocycles. The maximum absolute atomic E-state index is 12.2. The van der Waals surface area contributed by atoms with Crippen molar-refractivity contribution >= 4 is 5.91 Å².